The Balaban J connectivity index is 2.47. The second kappa shape index (κ2) is 5.11. The van der Waals surface area contributed by atoms with Crippen molar-refractivity contribution in [1.82, 2.24) is 4.98 Å². The van der Waals surface area contributed by atoms with Crippen LogP contribution in [0.4, 0.5) is 13.2 Å². The number of nitrogens with zero attached hydrogens (tertiary/aromatic N) is 1. The fraction of sp³-hybridized carbons (Fsp3) is 0.0909. The lowest BCUT2D eigenvalue weighted by atomic mass is 10.1. The Kier molecular flexibility index (Phi) is 3.85. The van der Waals surface area contributed by atoms with E-state index in [1.165, 1.54) is 24.3 Å². The molecule has 2 nitrogen and oxygen atoms in total. The van der Waals surface area contributed by atoms with Gasteiger partial charge in [-0.3, -0.25) is 4.79 Å². The fourth-order valence-electron chi connectivity index (χ4n) is 1.37. The summed E-state index contributed by atoms with van der Waals surface area (Å²) in [7, 11) is 0. The zero-order valence-corrected chi connectivity index (χ0v) is 11.3. The molecule has 0 aliphatic carbocycles. The largest absolute Gasteiger partial charge is 0.434 e. The van der Waals surface area contributed by atoms with Gasteiger partial charge in [-0.15, -0.1) is 0 Å². The number of hydrogen-bond acceptors (Lipinski definition) is 3. The molecule has 0 spiro atoms. The van der Waals surface area contributed by atoms with Crippen LogP contribution >= 0.6 is 34.5 Å². The first-order valence-electron chi connectivity index (χ1n) is 4.83. The first-order valence-corrected chi connectivity index (χ1v) is 6.40. The molecule has 8 heteroatoms. The van der Waals surface area contributed by atoms with E-state index in [1.807, 2.05) is 0 Å². The van der Waals surface area contributed by atoms with Crippen molar-refractivity contribution in [2.75, 3.05) is 0 Å². The van der Waals surface area contributed by atoms with Gasteiger partial charge in [0, 0.05) is 10.6 Å². The summed E-state index contributed by atoms with van der Waals surface area (Å²) in [6.07, 6.45) is -4.72. The molecule has 1 aromatic heterocycles. The van der Waals surface area contributed by atoms with Crippen molar-refractivity contribution in [2.45, 2.75) is 6.18 Å². The van der Waals surface area contributed by atoms with Crippen LogP contribution in [0, 0.1) is 0 Å². The Bertz CT molecular complexity index is 622. The summed E-state index contributed by atoms with van der Waals surface area (Å²) in [5, 5.41) is 0.384. The van der Waals surface area contributed by atoms with Crippen molar-refractivity contribution in [3.63, 3.8) is 0 Å². The number of benzene rings is 1. The zero-order valence-electron chi connectivity index (χ0n) is 8.96. The number of thiazole rings is 1. The monoisotopic (exact) mass is 325 g/mol. The second-order valence-electron chi connectivity index (χ2n) is 3.48. The van der Waals surface area contributed by atoms with Crippen LogP contribution in [0.5, 0.6) is 0 Å². The van der Waals surface area contributed by atoms with Gasteiger partial charge in [0.1, 0.15) is 4.88 Å². The number of hydrogen-bond donors (Lipinski definition) is 0. The van der Waals surface area contributed by atoms with E-state index in [2.05, 4.69) is 4.98 Å². The third-order valence-corrected chi connectivity index (χ3v) is 3.59. The van der Waals surface area contributed by atoms with E-state index in [9.17, 15) is 18.0 Å². The van der Waals surface area contributed by atoms with Crippen LogP contribution in [0.3, 0.4) is 0 Å². The molecular formula is C11H4Cl2F3NOS. The quantitative estimate of drug-likeness (QED) is 0.749. The van der Waals surface area contributed by atoms with Gasteiger partial charge in [0.25, 0.3) is 0 Å². The molecule has 1 aromatic carbocycles. The van der Waals surface area contributed by atoms with Crippen molar-refractivity contribution in [1.29, 1.82) is 0 Å². The Morgan fingerprint density at radius 3 is 2.26 bits per heavy atom. The summed E-state index contributed by atoms with van der Waals surface area (Å²) in [5.41, 5.74) is -1.17. The Labute approximate surface area is 119 Å². The van der Waals surface area contributed by atoms with Crippen molar-refractivity contribution >= 4 is 40.3 Å². The topological polar surface area (TPSA) is 30.0 Å². The highest BCUT2D eigenvalue weighted by atomic mass is 35.5. The third kappa shape index (κ3) is 3.08. The predicted octanol–water partition coefficient (Wildman–Crippen LogP) is 4.70. The highest BCUT2D eigenvalue weighted by molar-refractivity contribution is 7.17. The molecule has 0 fully saturated rings. The number of alkyl halides is 3. The molecule has 0 saturated carbocycles. The Hall–Kier alpha value is -1.11. The number of carbonyl (C=O) groups is 1. The van der Waals surface area contributed by atoms with Crippen molar-refractivity contribution in [2.24, 2.45) is 0 Å². The van der Waals surface area contributed by atoms with Gasteiger partial charge < -0.3 is 0 Å². The average Bonchev–Trinajstić information content (AvgIpc) is 2.71. The summed E-state index contributed by atoms with van der Waals surface area (Å²) >= 11 is 11.6. The van der Waals surface area contributed by atoms with Crippen LogP contribution in [0.25, 0.3) is 0 Å². The van der Waals surface area contributed by atoms with Crippen molar-refractivity contribution in [3.05, 3.63) is 49.9 Å². The molecule has 0 aliphatic rings. The minimum Gasteiger partial charge on any atom is -0.288 e. The lowest BCUT2D eigenvalue weighted by molar-refractivity contribution is -0.141. The molecule has 0 saturated heterocycles. The highest BCUT2D eigenvalue weighted by Gasteiger charge is 2.39. The number of aromatic nitrogens is 1. The SMILES string of the molecule is O=C(c1ccc(Cl)cc1)c1sc(Cl)nc1C(F)(F)F. The fourth-order valence-corrected chi connectivity index (χ4v) is 2.59. The van der Waals surface area contributed by atoms with Crippen LogP contribution < -0.4 is 0 Å². The molecule has 1 heterocycles. The van der Waals surface area contributed by atoms with Gasteiger partial charge in [-0.1, -0.05) is 34.5 Å². The average molecular weight is 326 g/mol. The molecule has 19 heavy (non-hydrogen) atoms. The molecule has 0 N–H and O–H groups in total. The van der Waals surface area contributed by atoms with Gasteiger partial charge in [-0.2, -0.15) is 13.2 Å². The maximum absolute atomic E-state index is 12.7. The van der Waals surface area contributed by atoms with Crippen LogP contribution in [0.15, 0.2) is 24.3 Å². The number of ketones is 1. The third-order valence-electron chi connectivity index (χ3n) is 2.18. The maximum atomic E-state index is 12.7. The van der Waals surface area contributed by atoms with Crippen molar-refractivity contribution in [3.8, 4) is 0 Å². The standard InChI is InChI=1S/C11H4Cl2F3NOS/c12-6-3-1-5(2-4-6)7(18)8-9(11(14,15)16)17-10(13)19-8/h1-4H. The van der Waals surface area contributed by atoms with Crippen LogP contribution in [-0.4, -0.2) is 10.8 Å². The van der Waals surface area contributed by atoms with Crippen molar-refractivity contribution < 1.29 is 18.0 Å². The highest BCUT2D eigenvalue weighted by Crippen LogP contribution is 2.37. The van der Waals surface area contributed by atoms with E-state index in [1.54, 1.807) is 0 Å². The molecule has 2 rings (SSSR count). The summed E-state index contributed by atoms with van der Waals surface area (Å²) in [5.74, 6) is -0.784. The Morgan fingerprint density at radius 2 is 1.74 bits per heavy atom. The molecule has 0 unspecified atom stereocenters. The number of rotatable bonds is 2. The van der Waals surface area contributed by atoms with E-state index in [-0.39, 0.29) is 10.0 Å². The minimum atomic E-state index is -4.72. The van der Waals surface area contributed by atoms with Crippen LogP contribution in [0.2, 0.25) is 9.49 Å². The van der Waals surface area contributed by atoms with E-state index in [0.717, 1.165) is 0 Å². The predicted molar refractivity (Wildman–Crippen MR) is 67.0 cm³/mol. The van der Waals surface area contributed by atoms with Crippen LogP contribution in [-0.2, 0) is 6.18 Å². The first-order chi connectivity index (χ1) is 8.79. The smallest absolute Gasteiger partial charge is 0.288 e. The summed E-state index contributed by atoms with van der Waals surface area (Å²) < 4.78 is 37.8. The van der Waals surface area contributed by atoms with Gasteiger partial charge in [0.15, 0.2) is 10.2 Å². The van der Waals surface area contributed by atoms with E-state index in [4.69, 9.17) is 23.2 Å². The molecular weight excluding hydrogens is 322 g/mol. The van der Waals surface area contributed by atoms with Gasteiger partial charge in [-0.25, -0.2) is 4.98 Å². The van der Waals surface area contributed by atoms with Gasteiger partial charge in [-0.05, 0) is 24.3 Å². The van der Waals surface area contributed by atoms with E-state index in [0.29, 0.717) is 16.4 Å². The summed E-state index contributed by atoms with van der Waals surface area (Å²) in [4.78, 5) is 14.6. The summed E-state index contributed by atoms with van der Waals surface area (Å²) in [6, 6.07) is 5.53. The van der Waals surface area contributed by atoms with E-state index < -0.39 is 22.5 Å². The Morgan fingerprint density at radius 1 is 1.16 bits per heavy atom. The van der Waals surface area contributed by atoms with Gasteiger partial charge >= 0.3 is 6.18 Å². The number of halogens is 5. The first kappa shape index (κ1) is 14.3. The second-order valence-corrected chi connectivity index (χ2v) is 5.50. The molecule has 100 valence electrons. The van der Waals surface area contributed by atoms with Gasteiger partial charge in [0.2, 0.25) is 5.78 Å². The van der Waals surface area contributed by atoms with E-state index >= 15 is 0 Å². The molecule has 0 atom stereocenters. The molecule has 2 aromatic rings. The normalized spacial score (nSPS) is 11.6. The maximum Gasteiger partial charge on any atom is 0.434 e. The lowest BCUT2D eigenvalue weighted by Crippen LogP contribution is -2.12. The minimum absolute atomic E-state index is 0.0928. The summed E-state index contributed by atoms with van der Waals surface area (Å²) in [6.45, 7) is 0. The molecule has 0 bridgehead atoms. The zero-order chi connectivity index (χ0) is 14.2. The van der Waals surface area contributed by atoms with Gasteiger partial charge in [0.05, 0.1) is 0 Å². The number of carbonyl (C=O) groups excluding carboxylic acids is 1. The molecule has 0 radical (unpaired) electrons. The lowest BCUT2D eigenvalue weighted by Gasteiger charge is -2.05. The molecule has 0 amide bonds. The molecule has 0 aliphatic heterocycles. The van der Waals surface area contributed by atoms with Crippen LogP contribution in [0.1, 0.15) is 20.9 Å².